The molecule has 1 aliphatic carbocycles. The Hall–Kier alpha value is -1.32. The first-order chi connectivity index (χ1) is 9.19. The minimum absolute atomic E-state index is 0.563. The third-order valence-electron chi connectivity index (χ3n) is 3.90. The van der Waals surface area contributed by atoms with Gasteiger partial charge in [0, 0.05) is 24.3 Å². The quantitative estimate of drug-likeness (QED) is 0.814. The first kappa shape index (κ1) is 14.1. The molecule has 1 saturated carbocycles. The first-order valence-corrected chi connectivity index (χ1v) is 7.53. The predicted molar refractivity (Wildman–Crippen MR) is 80.6 cm³/mol. The number of aryl methyl sites for hydroxylation is 1. The molecule has 1 aromatic rings. The Balaban J connectivity index is 2.02. The van der Waals surface area contributed by atoms with Gasteiger partial charge in [0.15, 0.2) is 0 Å². The van der Waals surface area contributed by atoms with Crippen LogP contribution in [-0.2, 0) is 0 Å². The van der Waals surface area contributed by atoms with Crippen molar-refractivity contribution in [1.82, 2.24) is 9.97 Å². The SMILES string of the molecule is CCNc1ncc(C)c(NC2CCCC(C)CC2)n1. The van der Waals surface area contributed by atoms with Gasteiger partial charge in [-0.1, -0.05) is 19.8 Å². The van der Waals surface area contributed by atoms with E-state index in [4.69, 9.17) is 0 Å². The summed E-state index contributed by atoms with van der Waals surface area (Å²) in [7, 11) is 0. The Kier molecular flexibility index (Phi) is 5.00. The maximum atomic E-state index is 4.57. The van der Waals surface area contributed by atoms with Crippen molar-refractivity contribution in [1.29, 1.82) is 0 Å². The molecule has 2 atom stereocenters. The number of hydrogen-bond donors (Lipinski definition) is 2. The van der Waals surface area contributed by atoms with Gasteiger partial charge in [-0.2, -0.15) is 4.98 Å². The second-order valence-electron chi connectivity index (χ2n) is 5.71. The van der Waals surface area contributed by atoms with E-state index >= 15 is 0 Å². The van der Waals surface area contributed by atoms with Crippen molar-refractivity contribution < 1.29 is 0 Å². The van der Waals surface area contributed by atoms with E-state index in [0.29, 0.717) is 6.04 Å². The van der Waals surface area contributed by atoms with E-state index in [1.165, 1.54) is 32.1 Å². The average Bonchev–Trinajstić information content (AvgIpc) is 2.59. The van der Waals surface area contributed by atoms with E-state index in [9.17, 15) is 0 Å². The molecule has 0 bridgehead atoms. The van der Waals surface area contributed by atoms with E-state index in [-0.39, 0.29) is 0 Å². The van der Waals surface area contributed by atoms with Gasteiger partial charge in [0.2, 0.25) is 5.95 Å². The van der Waals surface area contributed by atoms with Crippen molar-refractivity contribution >= 4 is 11.8 Å². The average molecular weight is 262 g/mol. The van der Waals surface area contributed by atoms with Crippen molar-refractivity contribution in [2.45, 2.75) is 58.9 Å². The Morgan fingerprint density at radius 3 is 2.89 bits per heavy atom. The molecular weight excluding hydrogens is 236 g/mol. The van der Waals surface area contributed by atoms with Crippen LogP contribution in [0.25, 0.3) is 0 Å². The zero-order chi connectivity index (χ0) is 13.7. The minimum atomic E-state index is 0.563. The first-order valence-electron chi connectivity index (χ1n) is 7.53. The van der Waals surface area contributed by atoms with Gasteiger partial charge < -0.3 is 10.6 Å². The molecule has 2 rings (SSSR count). The molecule has 0 aliphatic heterocycles. The molecule has 4 nitrogen and oxygen atoms in total. The number of hydrogen-bond acceptors (Lipinski definition) is 4. The van der Waals surface area contributed by atoms with Gasteiger partial charge >= 0.3 is 0 Å². The van der Waals surface area contributed by atoms with Gasteiger partial charge in [-0.25, -0.2) is 4.98 Å². The van der Waals surface area contributed by atoms with Crippen LogP contribution in [0.1, 0.15) is 51.5 Å². The number of nitrogens with zero attached hydrogens (tertiary/aromatic N) is 2. The molecule has 19 heavy (non-hydrogen) atoms. The maximum absolute atomic E-state index is 4.57. The van der Waals surface area contributed by atoms with Gasteiger partial charge in [0.25, 0.3) is 0 Å². The molecule has 0 spiro atoms. The molecule has 4 heteroatoms. The lowest BCUT2D eigenvalue weighted by Gasteiger charge is -2.19. The minimum Gasteiger partial charge on any atom is -0.367 e. The van der Waals surface area contributed by atoms with E-state index in [0.717, 1.165) is 29.8 Å². The van der Waals surface area contributed by atoms with E-state index in [1.807, 2.05) is 6.20 Å². The van der Waals surface area contributed by atoms with Crippen LogP contribution in [0.15, 0.2) is 6.20 Å². The van der Waals surface area contributed by atoms with Gasteiger partial charge in [0.05, 0.1) is 0 Å². The fourth-order valence-corrected chi connectivity index (χ4v) is 2.66. The molecule has 0 aromatic carbocycles. The highest BCUT2D eigenvalue weighted by molar-refractivity contribution is 5.47. The molecule has 2 unspecified atom stereocenters. The van der Waals surface area contributed by atoms with E-state index in [2.05, 4.69) is 41.4 Å². The van der Waals surface area contributed by atoms with Crippen molar-refractivity contribution in [3.05, 3.63) is 11.8 Å². The van der Waals surface area contributed by atoms with Crippen molar-refractivity contribution in [2.24, 2.45) is 5.92 Å². The summed E-state index contributed by atoms with van der Waals surface area (Å²) in [5, 5.41) is 6.79. The molecule has 1 fully saturated rings. The van der Waals surface area contributed by atoms with Gasteiger partial charge in [-0.3, -0.25) is 0 Å². The van der Waals surface area contributed by atoms with Crippen molar-refractivity contribution in [2.75, 3.05) is 17.2 Å². The molecule has 2 N–H and O–H groups in total. The summed E-state index contributed by atoms with van der Waals surface area (Å²) in [5.41, 5.74) is 1.12. The summed E-state index contributed by atoms with van der Waals surface area (Å²) < 4.78 is 0. The second-order valence-corrected chi connectivity index (χ2v) is 5.71. The number of rotatable bonds is 4. The monoisotopic (exact) mass is 262 g/mol. The normalized spacial score (nSPS) is 23.7. The lowest BCUT2D eigenvalue weighted by Crippen LogP contribution is -2.20. The highest BCUT2D eigenvalue weighted by Crippen LogP contribution is 2.25. The summed E-state index contributed by atoms with van der Waals surface area (Å²) in [6.45, 7) is 7.34. The van der Waals surface area contributed by atoms with Crippen molar-refractivity contribution in [3.8, 4) is 0 Å². The molecule has 0 radical (unpaired) electrons. The number of aromatic nitrogens is 2. The highest BCUT2D eigenvalue weighted by atomic mass is 15.1. The van der Waals surface area contributed by atoms with Crippen LogP contribution in [0, 0.1) is 12.8 Å². The summed E-state index contributed by atoms with van der Waals surface area (Å²) >= 11 is 0. The molecular formula is C15H26N4. The summed E-state index contributed by atoms with van der Waals surface area (Å²) in [6, 6.07) is 0.563. The zero-order valence-corrected chi connectivity index (χ0v) is 12.4. The van der Waals surface area contributed by atoms with E-state index < -0.39 is 0 Å². The van der Waals surface area contributed by atoms with Crippen LogP contribution in [0.2, 0.25) is 0 Å². The van der Waals surface area contributed by atoms with Crippen LogP contribution < -0.4 is 10.6 Å². The topological polar surface area (TPSA) is 49.8 Å². The molecule has 106 valence electrons. The third-order valence-corrected chi connectivity index (χ3v) is 3.90. The Labute approximate surface area is 116 Å². The standard InChI is InChI=1S/C15H26N4/c1-4-16-15-17-10-12(3)14(19-15)18-13-7-5-6-11(2)8-9-13/h10-11,13H,4-9H2,1-3H3,(H2,16,17,18,19). The van der Waals surface area contributed by atoms with Crippen LogP contribution in [-0.4, -0.2) is 22.6 Å². The van der Waals surface area contributed by atoms with Crippen LogP contribution >= 0.6 is 0 Å². The van der Waals surface area contributed by atoms with Crippen LogP contribution in [0.4, 0.5) is 11.8 Å². The van der Waals surface area contributed by atoms with Crippen LogP contribution in [0.3, 0.4) is 0 Å². The summed E-state index contributed by atoms with van der Waals surface area (Å²) in [5.74, 6) is 2.58. The third kappa shape index (κ3) is 4.08. The Morgan fingerprint density at radius 2 is 2.11 bits per heavy atom. The fourth-order valence-electron chi connectivity index (χ4n) is 2.66. The highest BCUT2D eigenvalue weighted by Gasteiger charge is 2.17. The molecule has 0 saturated heterocycles. The Bertz CT molecular complexity index is 405. The number of anilines is 2. The zero-order valence-electron chi connectivity index (χ0n) is 12.4. The smallest absolute Gasteiger partial charge is 0.224 e. The van der Waals surface area contributed by atoms with Gasteiger partial charge in [0.1, 0.15) is 5.82 Å². The lowest BCUT2D eigenvalue weighted by atomic mass is 10.0. The second kappa shape index (κ2) is 6.73. The Morgan fingerprint density at radius 1 is 1.26 bits per heavy atom. The van der Waals surface area contributed by atoms with Crippen LogP contribution in [0.5, 0.6) is 0 Å². The number of nitrogens with one attached hydrogen (secondary N) is 2. The largest absolute Gasteiger partial charge is 0.367 e. The van der Waals surface area contributed by atoms with Gasteiger partial charge in [-0.15, -0.1) is 0 Å². The summed E-state index contributed by atoms with van der Waals surface area (Å²) in [6.07, 6.45) is 8.41. The van der Waals surface area contributed by atoms with Crippen molar-refractivity contribution in [3.63, 3.8) is 0 Å². The van der Waals surface area contributed by atoms with E-state index in [1.54, 1.807) is 0 Å². The molecule has 0 amide bonds. The predicted octanol–water partition coefficient (Wildman–Crippen LogP) is 3.60. The summed E-state index contributed by atoms with van der Waals surface area (Å²) in [4.78, 5) is 8.86. The molecule has 1 aliphatic rings. The lowest BCUT2D eigenvalue weighted by molar-refractivity contribution is 0.502. The van der Waals surface area contributed by atoms with Gasteiger partial charge in [-0.05, 0) is 39.0 Å². The maximum Gasteiger partial charge on any atom is 0.224 e. The fraction of sp³-hybridized carbons (Fsp3) is 0.733. The molecule has 1 heterocycles. The molecule has 1 aromatic heterocycles.